The van der Waals surface area contributed by atoms with Gasteiger partial charge in [-0.05, 0) is 77.9 Å². The first-order chi connectivity index (χ1) is 24.7. The second kappa shape index (κ2) is 11.4. The normalized spacial score (nSPS) is 11.1. The smallest absolute Gasteiger partial charge is 0.101 e. The number of hydrogen-bond donors (Lipinski definition) is 0. The van der Waals surface area contributed by atoms with Crippen molar-refractivity contribution in [1.29, 1.82) is 15.8 Å². The summed E-state index contributed by atoms with van der Waals surface area (Å²) in [5.41, 5.74) is 11.1. The van der Waals surface area contributed by atoms with Crippen molar-refractivity contribution in [2.75, 3.05) is 0 Å². The van der Waals surface area contributed by atoms with Crippen LogP contribution < -0.4 is 0 Å². The Hall–Kier alpha value is -7.39. The van der Waals surface area contributed by atoms with E-state index in [1.165, 1.54) is 10.8 Å². The maximum absolute atomic E-state index is 10.4. The summed E-state index contributed by atoms with van der Waals surface area (Å²) in [5, 5.41) is 34.6. The topological polar surface area (TPSA) is 81.2 Å². The minimum Gasteiger partial charge on any atom is -0.309 e. The van der Waals surface area contributed by atoms with Crippen molar-refractivity contribution >= 4 is 43.6 Å². The zero-order valence-corrected chi connectivity index (χ0v) is 26.7. The van der Waals surface area contributed by atoms with Crippen LogP contribution in [0.2, 0.25) is 0 Å². The largest absolute Gasteiger partial charge is 0.309 e. The van der Waals surface area contributed by atoms with E-state index in [1.54, 1.807) is 0 Å². The molecule has 0 aliphatic rings. The third-order valence-corrected chi connectivity index (χ3v) is 9.65. The molecule has 2 aromatic heterocycles. The van der Waals surface area contributed by atoms with Gasteiger partial charge in [-0.1, -0.05) is 84.9 Å². The molecule has 7 aromatic carbocycles. The van der Waals surface area contributed by atoms with Crippen LogP contribution in [0.4, 0.5) is 0 Å². The summed E-state index contributed by atoms with van der Waals surface area (Å²) < 4.78 is 4.39. The van der Waals surface area contributed by atoms with Crippen molar-refractivity contribution in [1.82, 2.24) is 9.13 Å². The molecule has 5 heteroatoms. The van der Waals surface area contributed by atoms with E-state index in [1.807, 2.05) is 84.9 Å². The molecule has 0 radical (unpaired) electrons. The lowest BCUT2D eigenvalue weighted by Crippen LogP contribution is -1.99. The molecule has 50 heavy (non-hydrogen) atoms. The number of nitriles is 3. The van der Waals surface area contributed by atoms with Crippen LogP contribution >= 0.6 is 0 Å². The lowest BCUT2D eigenvalue weighted by Gasteiger charge is -2.16. The fourth-order valence-electron chi connectivity index (χ4n) is 7.42. The van der Waals surface area contributed by atoms with E-state index in [9.17, 15) is 15.8 Å². The molecule has 0 bridgehead atoms. The Morgan fingerprint density at radius 1 is 0.360 bits per heavy atom. The Labute approximate surface area is 287 Å². The lowest BCUT2D eigenvalue weighted by molar-refractivity contribution is 1.17. The van der Waals surface area contributed by atoms with E-state index in [4.69, 9.17) is 0 Å². The second-order valence-electron chi connectivity index (χ2n) is 12.3. The average molecular weight is 636 g/mol. The van der Waals surface area contributed by atoms with E-state index in [2.05, 4.69) is 94.1 Å². The SMILES string of the molecule is N#Cc1ccc2c(c1)c1ccccc1n2-c1cc(-c2ccc(C#N)c(-c3ccccc3-n3c4ccccc4c4ccccc43)c2)ccc1C#N. The van der Waals surface area contributed by atoms with Gasteiger partial charge in [0, 0.05) is 32.7 Å². The fourth-order valence-corrected chi connectivity index (χ4v) is 7.42. The van der Waals surface area contributed by atoms with Crippen LogP contribution in [0.3, 0.4) is 0 Å². The molecular formula is C45H25N5. The van der Waals surface area contributed by atoms with Gasteiger partial charge in [0.1, 0.15) is 6.07 Å². The maximum atomic E-state index is 10.4. The van der Waals surface area contributed by atoms with E-state index in [-0.39, 0.29) is 0 Å². The molecule has 230 valence electrons. The summed E-state index contributed by atoms with van der Waals surface area (Å²) in [7, 11) is 0. The molecule has 0 atom stereocenters. The zero-order valence-electron chi connectivity index (χ0n) is 26.7. The molecular weight excluding hydrogens is 611 g/mol. The van der Waals surface area contributed by atoms with Gasteiger partial charge in [0.05, 0.1) is 62.3 Å². The predicted molar refractivity (Wildman–Crippen MR) is 200 cm³/mol. The summed E-state index contributed by atoms with van der Waals surface area (Å²) in [6, 6.07) is 57.7. The summed E-state index contributed by atoms with van der Waals surface area (Å²) >= 11 is 0. The molecule has 9 aromatic rings. The summed E-state index contributed by atoms with van der Waals surface area (Å²) in [6.07, 6.45) is 0. The first-order valence-electron chi connectivity index (χ1n) is 16.3. The molecule has 5 nitrogen and oxygen atoms in total. The molecule has 2 heterocycles. The minimum atomic E-state index is 0.534. The molecule has 0 aliphatic carbocycles. The minimum absolute atomic E-state index is 0.534. The number of hydrogen-bond acceptors (Lipinski definition) is 3. The van der Waals surface area contributed by atoms with Crippen LogP contribution in [0, 0.1) is 34.0 Å². The van der Waals surface area contributed by atoms with Gasteiger partial charge in [0.15, 0.2) is 0 Å². The third kappa shape index (κ3) is 4.31. The number of rotatable bonds is 4. The fraction of sp³-hybridized carbons (Fsp3) is 0. The molecule has 0 spiro atoms. The summed E-state index contributed by atoms with van der Waals surface area (Å²) in [5.74, 6) is 0. The van der Waals surface area contributed by atoms with Crippen LogP contribution in [0.1, 0.15) is 16.7 Å². The maximum Gasteiger partial charge on any atom is 0.101 e. The van der Waals surface area contributed by atoms with Crippen molar-refractivity contribution in [2.24, 2.45) is 0 Å². The van der Waals surface area contributed by atoms with Crippen LogP contribution in [0.15, 0.2) is 152 Å². The van der Waals surface area contributed by atoms with Crippen molar-refractivity contribution in [3.05, 3.63) is 168 Å². The summed E-state index contributed by atoms with van der Waals surface area (Å²) in [4.78, 5) is 0. The average Bonchev–Trinajstić information content (AvgIpc) is 3.70. The van der Waals surface area contributed by atoms with E-state index in [0.717, 1.165) is 66.5 Å². The number of nitrogens with zero attached hydrogens (tertiary/aromatic N) is 5. The van der Waals surface area contributed by atoms with Gasteiger partial charge >= 0.3 is 0 Å². The number of para-hydroxylation sites is 4. The van der Waals surface area contributed by atoms with Gasteiger partial charge in [-0.25, -0.2) is 0 Å². The van der Waals surface area contributed by atoms with Gasteiger partial charge in [-0.15, -0.1) is 0 Å². The Balaban J connectivity index is 1.26. The number of aromatic nitrogens is 2. The third-order valence-electron chi connectivity index (χ3n) is 9.65. The molecule has 0 saturated carbocycles. The Morgan fingerprint density at radius 3 is 1.52 bits per heavy atom. The van der Waals surface area contributed by atoms with Crippen molar-refractivity contribution < 1.29 is 0 Å². The van der Waals surface area contributed by atoms with Gasteiger partial charge in [-0.2, -0.15) is 15.8 Å². The van der Waals surface area contributed by atoms with Crippen LogP contribution in [-0.2, 0) is 0 Å². The molecule has 0 fully saturated rings. The highest BCUT2D eigenvalue weighted by atomic mass is 15.0. The highest BCUT2D eigenvalue weighted by Gasteiger charge is 2.19. The monoisotopic (exact) mass is 635 g/mol. The molecule has 9 rings (SSSR count). The standard InChI is InChI=1S/C45H25N5/c46-26-29-17-22-44-39(23-29)37-12-4-8-16-43(37)50(44)45-25-31(19-21-33(45)28-48)30-18-20-32(27-47)38(24-30)36-11-3-7-15-42(36)49-40-13-5-1-9-34(40)35-10-2-6-14-41(35)49/h1-25H. The highest BCUT2D eigenvalue weighted by Crippen LogP contribution is 2.40. The van der Waals surface area contributed by atoms with Gasteiger partial charge < -0.3 is 9.13 Å². The summed E-state index contributed by atoms with van der Waals surface area (Å²) in [6.45, 7) is 0. The van der Waals surface area contributed by atoms with Crippen LogP contribution in [-0.4, -0.2) is 9.13 Å². The predicted octanol–water partition coefficient (Wildman–Crippen LogP) is 10.8. The van der Waals surface area contributed by atoms with Crippen molar-refractivity contribution in [3.8, 4) is 51.8 Å². The van der Waals surface area contributed by atoms with Gasteiger partial charge in [0.2, 0.25) is 0 Å². The first-order valence-corrected chi connectivity index (χ1v) is 16.3. The number of fused-ring (bicyclic) bond motifs is 6. The van der Waals surface area contributed by atoms with Crippen molar-refractivity contribution in [3.63, 3.8) is 0 Å². The zero-order chi connectivity index (χ0) is 33.8. The lowest BCUT2D eigenvalue weighted by atomic mass is 9.93. The molecule has 0 aliphatic heterocycles. The van der Waals surface area contributed by atoms with Gasteiger partial charge in [0.25, 0.3) is 0 Å². The Bertz CT molecular complexity index is 2920. The molecule has 0 amide bonds. The first kappa shape index (κ1) is 28.8. The number of benzene rings is 7. The molecule has 0 N–H and O–H groups in total. The Morgan fingerprint density at radius 2 is 0.880 bits per heavy atom. The van der Waals surface area contributed by atoms with Crippen LogP contribution in [0.25, 0.3) is 77.2 Å². The quantitative estimate of drug-likeness (QED) is 0.193. The van der Waals surface area contributed by atoms with Gasteiger partial charge in [-0.3, -0.25) is 0 Å². The molecule has 0 saturated heterocycles. The van der Waals surface area contributed by atoms with E-state index < -0.39 is 0 Å². The second-order valence-corrected chi connectivity index (χ2v) is 12.3. The van der Waals surface area contributed by atoms with E-state index >= 15 is 0 Å². The highest BCUT2D eigenvalue weighted by molar-refractivity contribution is 6.11. The van der Waals surface area contributed by atoms with Crippen molar-refractivity contribution in [2.45, 2.75) is 0 Å². The van der Waals surface area contributed by atoms with E-state index in [0.29, 0.717) is 16.7 Å². The Kier molecular flexibility index (Phi) is 6.56. The van der Waals surface area contributed by atoms with Crippen LogP contribution in [0.5, 0.6) is 0 Å². The molecule has 0 unspecified atom stereocenters.